The van der Waals surface area contributed by atoms with Crippen LogP contribution in [0.1, 0.15) is 20.8 Å². The van der Waals surface area contributed by atoms with Crippen molar-refractivity contribution in [1.29, 1.82) is 0 Å². The molecule has 1 saturated heterocycles. The maximum atomic E-state index is 13.8. The molecular weight excluding hydrogens is 379 g/mol. The number of para-hydroxylation sites is 1. The number of nitrogens with one attached hydrogen (secondary N) is 1. The average Bonchev–Trinajstić information content (AvgIpc) is 2.97. The Morgan fingerprint density at radius 2 is 2.00 bits per heavy atom. The lowest BCUT2D eigenvalue weighted by atomic mass is 10.1. The first-order valence-corrected chi connectivity index (χ1v) is 10.9. The lowest BCUT2D eigenvalue weighted by Gasteiger charge is -2.35. The number of benzene rings is 1. The molecule has 0 spiro atoms. The number of methoxy groups -OCH3 is 1. The third kappa shape index (κ3) is 4.76. The van der Waals surface area contributed by atoms with Crippen LogP contribution in [0.2, 0.25) is 0 Å². The molecule has 25 heavy (non-hydrogen) atoms. The predicted molar refractivity (Wildman–Crippen MR) is 105 cm³/mol. The van der Waals surface area contributed by atoms with Gasteiger partial charge in [-0.25, -0.2) is 9.65 Å². The van der Waals surface area contributed by atoms with Crippen molar-refractivity contribution in [3.05, 3.63) is 30.3 Å². The van der Waals surface area contributed by atoms with Crippen LogP contribution < -0.4 is 9.61 Å². The van der Waals surface area contributed by atoms with Crippen molar-refractivity contribution in [2.24, 2.45) is 5.92 Å². The zero-order chi connectivity index (χ0) is 18.6. The second kappa shape index (κ2) is 8.54. The van der Waals surface area contributed by atoms with Gasteiger partial charge >= 0.3 is 13.6 Å². The second-order valence-electron chi connectivity index (χ2n) is 6.03. The Kier molecular flexibility index (Phi) is 6.91. The molecule has 9 heteroatoms. The minimum Gasteiger partial charge on any atom is -0.468 e. The van der Waals surface area contributed by atoms with Crippen LogP contribution in [0, 0.1) is 5.92 Å². The molecule has 0 unspecified atom stereocenters. The van der Waals surface area contributed by atoms with E-state index in [0.717, 1.165) is 5.75 Å². The van der Waals surface area contributed by atoms with E-state index in [1.54, 1.807) is 35.9 Å². The Labute approximate surface area is 158 Å². The molecule has 0 aliphatic carbocycles. The first kappa shape index (κ1) is 20.2. The van der Waals surface area contributed by atoms with Crippen molar-refractivity contribution < 1.29 is 18.6 Å². The van der Waals surface area contributed by atoms with Crippen LogP contribution in [0.5, 0.6) is 5.75 Å². The topological polar surface area (TPSA) is 67.9 Å². The molecule has 138 valence electrons. The number of thiocarbonyl (C=S) groups is 1. The molecule has 2 rings (SSSR count). The van der Waals surface area contributed by atoms with Gasteiger partial charge in [-0.3, -0.25) is 9.46 Å². The van der Waals surface area contributed by atoms with Crippen LogP contribution in [0.25, 0.3) is 0 Å². The summed E-state index contributed by atoms with van der Waals surface area (Å²) < 4.78 is 26.6. The minimum atomic E-state index is -3.66. The Morgan fingerprint density at radius 1 is 1.36 bits per heavy atom. The van der Waals surface area contributed by atoms with Gasteiger partial charge in [-0.05, 0) is 25.0 Å². The number of carbonyl (C=O) groups excluding carboxylic acids is 1. The number of carbonyl (C=O) groups is 1. The van der Waals surface area contributed by atoms with Crippen molar-refractivity contribution in [3.63, 3.8) is 0 Å². The summed E-state index contributed by atoms with van der Waals surface area (Å²) in [5.74, 6) is 0.872. The third-order valence-electron chi connectivity index (χ3n) is 3.82. The molecule has 1 N–H and O–H groups in total. The average molecular weight is 402 g/mol. The highest BCUT2D eigenvalue weighted by Crippen LogP contribution is 2.54. The standard InChI is InChI=1S/C16H23N2O4PS2/c1-11(2)14-10-25-16(24)18(14)23(20,17-12(3)15(19)21-4)22-13-8-6-5-7-9-13/h5-9,11-12,14H,10H2,1-4H3,(H,17,20)/t12-,14+,23-/m0/s1. The van der Waals surface area contributed by atoms with Gasteiger partial charge in [-0.2, -0.15) is 0 Å². The lowest BCUT2D eigenvalue weighted by molar-refractivity contribution is -0.142. The van der Waals surface area contributed by atoms with Crippen LogP contribution in [0.15, 0.2) is 30.3 Å². The number of thioether (sulfide) groups is 1. The molecule has 0 bridgehead atoms. The summed E-state index contributed by atoms with van der Waals surface area (Å²) in [6, 6.07) is 8.00. The van der Waals surface area contributed by atoms with Gasteiger partial charge in [-0.1, -0.05) is 56.0 Å². The molecule has 3 atom stereocenters. The van der Waals surface area contributed by atoms with Crippen LogP contribution in [-0.4, -0.2) is 39.9 Å². The highest BCUT2D eigenvalue weighted by Gasteiger charge is 2.46. The van der Waals surface area contributed by atoms with E-state index in [1.807, 2.05) is 19.9 Å². The number of esters is 1. The van der Waals surface area contributed by atoms with Crippen molar-refractivity contribution in [2.75, 3.05) is 12.9 Å². The van der Waals surface area contributed by atoms with Gasteiger partial charge in [0.25, 0.3) is 0 Å². The predicted octanol–water partition coefficient (Wildman–Crippen LogP) is 3.68. The number of ether oxygens (including phenoxy) is 1. The monoisotopic (exact) mass is 402 g/mol. The van der Waals surface area contributed by atoms with E-state index in [9.17, 15) is 9.36 Å². The fraction of sp³-hybridized carbons (Fsp3) is 0.500. The lowest BCUT2D eigenvalue weighted by Crippen LogP contribution is -2.44. The summed E-state index contributed by atoms with van der Waals surface area (Å²) in [7, 11) is -2.37. The molecule has 1 fully saturated rings. The Bertz CT molecular complexity index is 671. The number of rotatable bonds is 7. The highest BCUT2D eigenvalue weighted by atomic mass is 32.2. The summed E-state index contributed by atoms with van der Waals surface area (Å²) in [6.45, 7) is 5.68. The molecule has 1 aliphatic rings. The summed E-state index contributed by atoms with van der Waals surface area (Å²) in [5.41, 5.74) is 0. The van der Waals surface area contributed by atoms with Gasteiger partial charge in [0, 0.05) is 5.75 Å². The molecule has 6 nitrogen and oxygen atoms in total. The van der Waals surface area contributed by atoms with E-state index < -0.39 is 19.7 Å². The minimum absolute atomic E-state index is 0.0515. The second-order valence-corrected chi connectivity index (χ2v) is 9.60. The molecule has 0 amide bonds. The van der Waals surface area contributed by atoms with E-state index in [1.165, 1.54) is 18.9 Å². The molecule has 1 aliphatic heterocycles. The highest BCUT2D eigenvalue weighted by molar-refractivity contribution is 8.23. The van der Waals surface area contributed by atoms with Gasteiger partial charge in [0.2, 0.25) is 0 Å². The summed E-state index contributed by atoms with van der Waals surface area (Å²) in [6.07, 6.45) is 0. The van der Waals surface area contributed by atoms with Crippen LogP contribution >= 0.6 is 31.7 Å². The molecule has 1 aromatic carbocycles. The normalized spacial score (nSPS) is 21.1. The molecule has 0 radical (unpaired) electrons. The van der Waals surface area contributed by atoms with Gasteiger partial charge in [0.1, 0.15) is 16.1 Å². The van der Waals surface area contributed by atoms with Crippen LogP contribution in [0.4, 0.5) is 0 Å². The largest absolute Gasteiger partial charge is 0.468 e. The smallest absolute Gasteiger partial charge is 0.421 e. The van der Waals surface area contributed by atoms with Gasteiger partial charge in [-0.15, -0.1) is 0 Å². The first-order chi connectivity index (χ1) is 11.8. The third-order valence-corrected chi connectivity index (χ3v) is 7.82. The zero-order valence-corrected chi connectivity index (χ0v) is 17.2. The summed E-state index contributed by atoms with van der Waals surface area (Å²) >= 11 is 6.90. The molecule has 0 aromatic heterocycles. The maximum absolute atomic E-state index is 13.8. The number of hydrogen-bond acceptors (Lipinski definition) is 6. The zero-order valence-electron chi connectivity index (χ0n) is 14.7. The Balaban J connectivity index is 2.38. The van der Waals surface area contributed by atoms with E-state index in [0.29, 0.717) is 10.1 Å². The van der Waals surface area contributed by atoms with Crippen molar-refractivity contribution in [1.82, 2.24) is 9.76 Å². The quantitative estimate of drug-likeness (QED) is 0.421. The molecule has 1 heterocycles. The number of hydrogen-bond donors (Lipinski definition) is 1. The fourth-order valence-corrected chi connectivity index (χ4v) is 7.04. The van der Waals surface area contributed by atoms with E-state index >= 15 is 0 Å². The van der Waals surface area contributed by atoms with E-state index in [-0.39, 0.29) is 12.0 Å². The van der Waals surface area contributed by atoms with Crippen molar-refractivity contribution in [3.8, 4) is 5.75 Å². The molecule has 0 saturated carbocycles. The number of nitrogens with zero attached hydrogens (tertiary/aromatic N) is 1. The summed E-state index contributed by atoms with van der Waals surface area (Å²) in [5, 5.41) is 2.83. The maximum Gasteiger partial charge on any atom is 0.421 e. The van der Waals surface area contributed by atoms with Gasteiger partial charge in [0.05, 0.1) is 13.2 Å². The van der Waals surface area contributed by atoms with Crippen molar-refractivity contribution in [2.45, 2.75) is 32.9 Å². The SMILES string of the molecule is COC(=O)[C@H](C)N[P@](=O)(Oc1ccccc1)N1C(=S)SC[C@@H]1C(C)C. The van der Waals surface area contributed by atoms with Crippen molar-refractivity contribution >= 4 is 41.9 Å². The van der Waals surface area contributed by atoms with Crippen LogP contribution in [-0.2, 0) is 14.1 Å². The van der Waals surface area contributed by atoms with E-state index in [2.05, 4.69) is 5.09 Å². The van der Waals surface area contributed by atoms with Crippen LogP contribution in [0.3, 0.4) is 0 Å². The Morgan fingerprint density at radius 3 is 2.56 bits per heavy atom. The fourth-order valence-electron chi connectivity index (χ4n) is 2.44. The van der Waals surface area contributed by atoms with Gasteiger partial charge in [0.15, 0.2) is 0 Å². The van der Waals surface area contributed by atoms with Gasteiger partial charge < -0.3 is 9.26 Å². The molecule has 1 aromatic rings. The first-order valence-electron chi connectivity index (χ1n) is 7.95. The summed E-state index contributed by atoms with van der Waals surface area (Å²) in [4.78, 5) is 11.8. The van der Waals surface area contributed by atoms with E-state index in [4.69, 9.17) is 21.5 Å². The molecular formula is C16H23N2O4PS2. The Hall–Kier alpha value is -1.08.